The third-order valence-corrected chi connectivity index (χ3v) is 3.84. The normalized spacial score (nSPS) is 10.9. The van der Waals surface area contributed by atoms with Crippen molar-refractivity contribution in [2.75, 3.05) is 5.32 Å². The summed E-state index contributed by atoms with van der Waals surface area (Å²) in [5, 5.41) is 4.76. The second-order valence-electron chi connectivity index (χ2n) is 4.48. The lowest BCUT2D eigenvalue weighted by molar-refractivity contribution is 0.628. The summed E-state index contributed by atoms with van der Waals surface area (Å²) in [6, 6.07) is 6.75. The van der Waals surface area contributed by atoms with Gasteiger partial charge in [0.1, 0.15) is 16.3 Å². The van der Waals surface area contributed by atoms with E-state index in [0.29, 0.717) is 21.7 Å². The van der Waals surface area contributed by atoms with E-state index in [1.165, 1.54) is 17.4 Å². The highest BCUT2D eigenvalue weighted by Gasteiger charge is 2.06. The third kappa shape index (κ3) is 2.42. The van der Waals surface area contributed by atoms with Gasteiger partial charge in [0.05, 0.1) is 17.7 Å². The zero-order valence-electron chi connectivity index (χ0n) is 10.7. The summed E-state index contributed by atoms with van der Waals surface area (Å²) < 4.78 is 14.3. The Kier molecular flexibility index (Phi) is 3.23. The molecule has 2 N–H and O–H groups in total. The number of H-pyrrole nitrogens is 1. The molecule has 3 aromatic rings. The number of benzene rings is 1. The zero-order chi connectivity index (χ0) is 14.1. The first-order valence-corrected chi connectivity index (χ1v) is 6.98. The molecule has 1 aromatic carbocycles. The molecule has 6 heteroatoms. The number of aromatic amines is 1. The van der Waals surface area contributed by atoms with Crippen LogP contribution in [0.3, 0.4) is 0 Å². The Bertz CT molecular complexity index is 825. The second-order valence-corrected chi connectivity index (χ2v) is 5.40. The van der Waals surface area contributed by atoms with E-state index in [1.54, 1.807) is 12.1 Å². The van der Waals surface area contributed by atoms with Crippen LogP contribution < -0.4 is 10.9 Å². The maximum atomic E-state index is 13.7. The third-order valence-electron chi connectivity index (χ3n) is 2.93. The number of rotatable bonds is 3. The minimum atomic E-state index is -0.316. The van der Waals surface area contributed by atoms with E-state index in [1.807, 2.05) is 18.4 Å². The summed E-state index contributed by atoms with van der Waals surface area (Å²) in [5.74, 6) is 0.171. The van der Waals surface area contributed by atoms with Gasteiger partial charge >= 0.3 is 0 Å². The number of nitrogens with one attached hydrogen (secondary N) is 2. The van der Waals surface area contributed by atoms with Crippen molar-refractivity contribution >= 4 is 27.2 Å². The molecule has 0 aliphatic carbocycles. The fourth-order valence-corrected chi connectivity index (χ4v) is 2.67. The van der Waals surface area contributed by atoms with E-state index in [9.17, 15) is 9.18 Å². The number of aromatic nitrogens is 2. The van der Waals surface area contributed by atoms with E-state index in [2.05, 4.69) is 15.3 Å². The number of halogens is 1. The summed E-state index contributed by atoms with van der Waals surface area (Å²) in [6.45, 7) is 2.09. The van der Waals surface area contributed by atoms with Gasteiger partial charge in [0.15, 0.2) is 0 Å². The molecule has 0 radical (unpaired) electrons. The molecular formula is C14H12FN3OS. The Labute approximate surface area is 118 Å². The van der Waals surface area contributed by atoms with Crippen molar-refractivity contribution in [1.29, 1.82) is 0 Å². The van der Waals surface area contributed by atoms with Crippen LogP contribution in [0.4, 0.5) is 10.1 Å². The van der Waals surface area contributed by atoms with E-state index in [4.69, 9.17) is 0 Å². The van der Waals surface area contributed by atoms with Crippen LogP contribution in [0.25, 0.3) is 10.2 Å². The first-order valence-electron chi connectivity index (χ1n) is 6.10. The van der Waals surface area contributed by atoms with Gasteiger partial charge in [0.2, 0.25) is 0 Å². The zero-order valence-corrected chi connectivity index (χ0v) is 11.6. The molecule has 0 saturated carbocycles. The van der Waals surface area contributed by atoms with Crippen LogP contribution in [0, 0.1) is 12.7 Å². The molecule has 102 valence electrons. The summed E-state index contributed by atoms with van der Waals surface area (Å²) in [4.78, 5) is 18.8. The van der Waals surface area contributed by atoms with Gasteiger partial charge < -0.3 is 10.3 Å². The number of nitrogens with zero attached hydrogens (tertiary/aromatic N) is 1. The van der Waals surface area contributed by atoms with E-state index in [-0.39, 0.29) is 17.9 Å². The van der Waals surface area contributed by atoms with Crippen molar-refractivity contribution in [2.24, 2.45) is 0 Å². The van der Waals surface area contributed by atoms with Gasteiger partial charge in [-0.05, 0) is 36.1 Å². The van der Waals surface area contributed by atoms with Crippen LogP contribution in [0.5, 0.6) is 0 Å². The Morgan fingerprint density at radius 2 is 2.25 bits per heavy atom. The lowest BCUT2D eigenvalue weighted by Gasteiger charge is -2.07. The molecule has 2 heterocycles. The summed E-state index contributed by atoms with van der Waals surface area (Å²) in [7, 11) is 0. The first-order chi connectivity index (χ1) is 9.63. The quantitative estimate of drug-likeness (QED) is 0.779. The topological polar surface area (TPSA) is 57.8 Å². The van der Waals surface area contributed by atoms with Gasteiger partial charge in [0.25, 0.3) is 5.56 Å². The molecule has 0 saturated heterocycles. The molecule has 0 fully saturated rings. The number of hydrogen-bond donors (Lipinski definition) is 2. The SMILES string of the molecule is Cc1ccc(NCc2nc3ccsc3c(=O)[nH]2)c(F)c1. The standard InChI is InChI=1S/C14H12FN3OS/c1-8-2-3-10(9(15)6-8)16-7-12-17-11-4-5-20-13(11)14(19)18-12/h2-6,16H,7H2,1H3,(H,17,18,19). The van der Waals surface area contributed by atoms with Crippen LogP contribution in [-0.4, -0.2) is 9.97 Å². The molecule has 0 unspecified atom stereocenters. The highest BCUT2D eigenvalue weighted by molar-refractivity contribution is 7.17. The van der Waals surface area contributed by atoms with Crippen molar-refractivity contribution < 1.29 is 4.39 Å². The van der Waals surface area contributed by atoms with Crippen molar-refractivity contribution in [3.63, 3.8) is 0 Å². The smallest absolute Gasteiger partial charge is 0.268 e. The van der Waals surface area contributed by atoms with Crippen LogP contribution >= 0.6 is 11.3 Å². The summed E-state index contributed by atoms with van der Waals surface area (Å²) in [5.41, 5.74) is 1.76. The van der Waals surface area contributed by atoms with Crippen LogP contribution in [0.1, 0.15) is 11.4 Å². The van der Waals surface area contributed by atoms with Gasteiger partial charge in [-0.15, -0.1) is 11.3 Å². The Morgan fingerprint density at radius 3 is 3.05 bits per heavy atom. The number of hydrogen-bond acceptors (Lipinski definition) is 4. The highest BCUT2D eigenvalue weighted by Crippen LogP contribution is 2.17. The first kappa shape index (κ1) is 12.8. The maximum Gasteiger partial charge on any atom is 0.268 e. The highest BCUT2D eigenvalue weighted by atomic mass is 32.1. The van der Waals surface area contributed by atoms with Crippen LogP contribution in [0.2, 0.25) is 0 Å². The van der Waals surface area contributed by atoms with Crippen LogP contribution in [0.15, 0.2) is 34.4 Å². The average Bonchev–Trinajstić information content (AvgIpc) is 2.86. The molecule has 0 amide bonds. The fourth-order valence-electron chi connectivity index (χ4n) is 1.95. The minimum Gasteiger partial charge on any atom is -0.375 e. The van der Waals surface area contributed by atoms with Crippen molar-refractivity contribution in [2.45, 2.75) is 13.5 Å². The number of anilines is 1. The largest absolute Gasteiger partial charge is 0.375 e. The van der Waals surface area contributed by atoms with Gasteiger partial charge in [-0.1, -0.05) is 6.07 Å². The van der Waals surface area contributed by atoms with Gasteiger partial charge in [-0.25, -0.2) is 9.37 Å². The second kappa shape index (κ2) is 5.05. The predicted molar refractivity (Wildman–Crippen MR) is 78.7 cm³/mol. The fraction of sp³-hybridized carbons (Fsp3) is 0.143. The predicted octanol–water partition coefficient (Wildman–Crippen LogP) is 3.04. The van der Waals surface area contributed by atoms with Crippen molar-refractivity contribution in [1.82, 2.24) is 9.97 Å². The summed E-state index contributed by atoms with van der Waals surface area (Å²) >= 11 is 1.35. The molecule has 0 atom stereocenters. The average molecular weight is 289 g/mol. The Balaban J connectivity index is 1.84. The number of fused-ring (bicyclic) bond motifs is 1. The molecule has 20 heavy (non-hydrogen) atoms. The van der Waals surface area contributed by atoms with Gasteiger partial charge in [0, 0.05) is 0 Å². The van der Waals surface area contributed by atoms with Crippen molar-refractivity contribution in [3.05, 3.63) is 57.2 Å². The Morgan fingerprint density at radius 1 is 1.40 bits per heavy atom. The lowest BCUT2D eigenvalue weighted by atomic mass is 10.2. The molecule has 2 aromatic heterocycles. The van der Waals surface area contributed by atoms with E-state index >= 15 is 0 Å². The Hall–Kier alpha value is -2.21. The molecular weight excluding hydrogens is 277 g/mol. The monoisotopic (exact) mass is 289 g/mol. The molecule has 0 aliphatic heterocycles. The summed E-state index contributed by atoms with van der Waals surface area (Å²) in [6.07, 6.45) is 0. The number of aryl methyl sites for hydroxylation is 1. The molecule has 4 nitrogen and oxygen atoms in total. The van der Waals surface area contributed by atoms with E-state index in [0.717, 1.165) is 5.56 Å². The van der Waals surface area contributed by atoms with Gasteiger partial charge in [-0.2, -0.15) is 0 Å². The van der Waals surface area contributed by atoms with Gasteiger partial charge in [-0.3, -0.25) is 4.79 Å². The minimum absolute atomic E-state index is 0.161. The molecule has 3 rings (SSSR count). The van der Waals surface area contributed by atoms with Crippen molar-refractivity contribution in [3.8, 4) is 0 Å². The van der Waals surface area contributed by atoms with E-state index < -0.39 is 0 Å². The maximum absolute atomic E-state index is 13.7. The lowest BCUT2D eigenvalue weighted by Crippen LogP contribution is -2.13. The molecule has 0 spiro atoms. The molecule has 0 bridgehead atoms. The molecule has 0 aliphatic rings. The van der Waals surface area contributed by atoms with Crippen LogP contribution in [-0.2, 0) is 6.54 Å². The number of thiophene rings is 1.